The summed E-state index contributed by atoms with van der Waals surface area (Å²) in [6.45, 7) is 7.23. The van der Waals surface area contributed by atoms with Crippen LogP contribution in [0, 0.1) is 13.8 Å². The molecule has 1 N–H and O–H groups in total. The van der Waals surface area contributed by atoms with Crippen LogP contribution >= 0.6 is 0 Å². The van der Waals surface area contributed by atoms with Gasteiger partial charge in [-0.2, -0.15) is 5.10 Å². The van der Waals surface area contributed by atoms with E-state index in [0.29, 0.717) is 5.92 Å². The van der Waals surface area contributed by atoms with Crippen molar-refractivity contribution in [3.05, 3.63) is 41.2 Å². The van der Waals surface area contributed by atoms with Crippen LogP contribution in [-0.2, 0) is 6.54 Å². The normalized spacial score (nSPS) is 17.5. The van der Waals surface area contributed by atoms with E-state index < -0.39 is 0 Å². The Hall–Kier alpha value is -1.75. The molecule has 0 amide bonds. The Morgan fingerprint density at radius 1 is 1.30 bits per heavy atom. The van der Waals surface area contributed by atoms with Gasteiger partial charge in [-0.15, -0.1) is 0 Å². The maximum atomic E-state index is 4.48. The zero-order chi connectivity index (χ0) is 13.9. The second kappa shape index (κ2) is 5.71. The summed E-state index contributed by atoms with van der Waals surface area (Å²) < 4.78 is 0. The number of H-pyrrole nitrogens is 1. The van der Waals surface area contributed by atoms with Crippen molar-refractivity contribution < 1.29 is 0 Å². The van der Waals surface area contributed by atoms with E-state index in [-0.39, 0.29) is 0 Å². The monoisotopic (exact) mass is 271 g/mol. The zero-order valence-corrected chi connectivity index (χ0v) is 12.1. The number of nitrogens with one attached hydrogen (secondary N) is 1. The number of likely N-dealkylation sites (tertiary alicyclic amines) is 1. The first-order valence-electron chi connectivity index (χ1n) is 7.23. The van der Waals surface area contributed by atoms with Gasteiger partial charge in [0.25, 0.3) is 0 Å². The number of rotatable bonds is 3. The third-order valence-electron chi connectivity index (χ3n) is 4.12. The van der Waals surface area contributed by atoms with Crippen LogP contribution in [0.5, 0.6) is 0 Å². The molecule has 1 fully saturated rings. The smallest absolute Gasteiger partial charge is 0.125 e. The number of aromatic nitrogens is 4. The fraction of sp³-hybridized carbons (Fsp3) is 0.533. The Bertz CT molecular complexity index is 569. The van der Waals surface area contributed by atoms with Crippen LogP contribution in [0.15, 0.2) is 18.5 Å². The summed E-state index contributed by atoms with van der Waals surface area (Å²) in [6, 6.07) is 2.01. The van der Waals surface area contributed by atoms with Gasteiger partial charge in [-0.1, -0.05) is 0 Å². The van der Waals surface area contributed by atoms with Gasteiger partial charge in [0.1, 0.15) is 5.82 Å². The maximum absolute atomic E-state index is 4.48. The fourth-order valence-corrected chi connectivity index (χ4v) is 3.00. The number of piperidine rings is 1. The van der Waals surface area contributed by atoms with Crippen molar-refractivity contribution in [1.29, 1.82) is 0 Å². The third-order valence-corrected chi connectivity index (χ3v) is 4.12. The van der Waals surface area contributed by atoms with Crippen molar-refractivity contribution in [2.75, 3.05) is 13.1 Å². The molecule has 3 rings (SSSR count). The van der Waals surface area contributed by atoms with E-state index in [9.17, 15) is 0 Å². The molecule has 0 atom stereocenters. The van der Waals surface area contributed by atoms with E-state index >= 15 is 0 Å². The second-order valence-electron chi connectivity index (χ2n) is 5.60. The van der Waals surface area contributed by atoms with Crippen molar-refractivity contribution in [3.63, 3.8) is 0 Å². The molecule has 0 aliphatic carbocycles. The molecule has 1 aliphatic rings. The topological polar surface area (TPSA) is 57.7 Å². The molecule has 0 saturated carbocycles. The Kier molecular flexibility index (Phi) is 3.78. The summed E-state index contributed by atoms with van der Waals surface area (Å²) in [5.74, 6) is 1.50. The summed E-state index contributed by atoms with van der Waals surface area (Å²) in [7, 11) is 0. The molecule has 0 unspecified atom stereocenters. The first-order chi connectivity index (χ1) is 9.72. The van der Waals surface area contributed by atoms with Gasteiger partial charge in [-0.05, 0) is 57.3 Å². The minimum absolute atomic E-state index is 0.650. The lowest BCUT2D eigenvalue weighted by Gasteiger charge is -2.31. The van der Waals surface area contributed by atoms with Gasteiger partial charge >= 0.3 is 0 Å². The summed E-state index contributed by atoms with van der Waals surface area (Å²) in [4.78, 5) is 11.1. The molecule has 0 aromatic carbocycles. The van der Waals surface area contributed by atoms with Crippen LogP contribution < -0.4 is 0 Å². The molecule has 1 saturated heterocycles. The average molecular weight is 271 g/mol. The van der Waals surface area contributed by atoms with Gasteiger partial charge in [0.2, 0.25) is 0 Å². The maximum Gasteiger partial charge on any atom is 0.125 e. The summed E-state index contributed by atoms with van der Waals surface area (Å²) in [5, 5.41) is 7.18. The van der Waals surface area contributed by atoms with Gasteiger partial charge in [-0.3, -0.25) is 10.00 Å². The lowest BCUT2D eigenvalue weighted by molar-refractivity contribution is 0.202. The largest absolute Gasteiger partial charge is 0.297 e. The van der Waals surface area contributed by atoms with E-state index in [1.165, 1.54) is 24.1 Å². The van der Waals surface area contributed by atoms with Crippen molar-refractivity contribution >= 4 is 0 Å². The van der Waals surface area contributed by atoms with E-state index in [1.807, 2.05) is 25.4 Å². The van der Waals surface area contributed by atoms with E-state index in [0.717, 1.165) is 31.2 Å². The third kappa shape index (κ3) is 2.88. The minimum atomic E-state index is 0.650. The summed E-state index contributed by atoms with van der Waals surface area (Å²) in [5.41, 5.74) is 3.73. The van der Waals surface area contributed by atoms with Crippen LogP contribution in [0.25, 0.3) is 0 Å². The molecule has 0 spiro atoms. The molecule has 1 aliphatic heterocycles. The number of aromatic amines is 1. The molecule has 0 radical (unpaired) electrons. The highest BCUT2D eigenvalue weighted by molar-refractivity contribution is 5.20. The molecule has 106 valence electrons. The van der Waals surface area contributed by atoms with Gasteiger partial charge in [0.15, 0.2) is 0 Å². The fourth-order valence-electron chi connectivity index (χ4n) is 3.00. The van der Waals surface area contributed by atoms with Gasteiger partial charge in [0, 0.05) is 18.4 Å². The van der Waals surface area contributed by atoms with Crippen molar-refractivity contribution in [3.8, 4) is 0 Å². The number of nitrogens with zero attached hydrogens (tertiary/aromatic N) is 4. The molecular formula is C15H21N5. The Morgan fingerprint density at radius 3 is 2.75 bits per heavy atom. The lowest BCUT2D eigenvalue weighted by atomic mass is 9.90. The molecule has 20 heavy (non-hydrogen) atoms. The standard InChI is InChI=1S/C15H21N5/c1-11-15(9-17-19-11)13-4-7-20(8-5-13)10-14-3-6-16-12(2)18-14/h3,6,9,13H,4-5,7-8,10H2,1-2H3,(H,17,19). The molecule has 0 bridgehead atoms. The van der Waals surface area contributed by atoms with Crippen LogP contribution in [0.2, 0.25) is 0 Å². The molecule has 5 heteroatoms. The number of hydrogen-bond donors (Lipinski definition) is 1. The van der Waals surface area contributed by atoms with Crippen LogP contribution in [0.4, 0.5) is 0 Å². The highest BCUT2D eigenvalue weighted by atomic mass is 15.1. The first kappa shape index (κ1) is 13.2. The van der Waals surface area contributed by atoms with Gasteiger partial charge in [-0.25, -0.2) is 9.97 Å². The lowest BCUT2D eigenvalue weighted by Crippen LogP contribution is -2.32. The molecule has 2 aromatic rings. The second-order valence-corrected chi connectivity index (χ2v) is 5.60. The molecule has 3 heterocycles. The summed E-state index contributed by atoms with van der Waals surface area (Å²) >= 11 is 0. The quantitative estimate of drug-likeness (QED) is 0.929. The van der Waals surface area contributed by atoms with Crippen molar-refractivity contribution in [1.82, 2.24) is 25.1 Å². The highest BCUT2D eigenvalue weighted by Gasteiger charge is 2.22. The number of hydrogen-bond acceptors (Lipinski definition) is 4. The first-order valence-corrected chi connectivity index (χ1v) is 7.23. The van der Waals surface area contributed by atoms with Gasteiger partial charge in [0.05, 0.1) is 11.9 Å². The van der Waals surface area contributed by atoms with Crippen LogP contribution in [0.1, 0.15) is 41.5 Å². The predicted octanol–water partition coefficient (Wildman–Crippen LogP) is 2.20. The minimum Gasteiger partial charge on any atom is -0.297 e. The molecular weight excluding hydrogens is 250 g/mol. The van der Waals surface area contributed by atoms with E-state index in [4.69, 9.17) is 0 Å². The van der Waals surface area contributed by atoms with Gasteiger partial charge < -0.3 is 0 Å². The Morgan fingerprint density at radius 2 is 2.10 bits per heavy atom. The highest BCUT2D eigenvalue weighted by Crippen LogP contribution is 2.29. The molecule has 2 aromatic heterocycles. The van der Waals surface area contributed by atoms with E-state index in [2.05, 4.69) is 32.0 Å². The van der Waals surface area contributed by atoms with Crippen molar-refractivity contribution in [2.24, 2.45) is 0 Å². The number of aryl methyl sites for hydroxylation is 2. The zero-order valence-electron chi connectivity index (χ0n) is 12.1. The van der Waals surface area contributed by atoms with E-state index in [1.54, 1.807) is 0 Å². The van der Waals surface area contributed by atoms with Crippen LogP contribution in [0.3, 0.4) is 0 Å². The van der Waals surface area contributed by atoms with Crippen molar-refractivity contribution in [2.45, 2.75) is 39.2 Å². The Labute approximate surface area is 119 Å². The average Bonchev–Trinajstić information content (AvgIpc) is 2.86. The Balaban J connectivity index is 1.58. The SMILES string of the molecule is Cc1nccc(CN2CCC(c3cn[nH]c3C)CC2)n1. The molecule has 5 nitrogen and oxygen atoms in total. The van der Waals surface area contributed by atoms with Crippen LogP contribution in [-0.4, -0.2) is 38.2 Å². The summed E-state index contributed by atoms with van der Waals surface area (Å²) in [6.07, 6.45) is 6.23. The predicted molar refractivity (Wildman–Crippen MR) is 77.3 cm³/mol.